The Labute approximate surface area is 184 Å². The molecule has 1 aliphatic heterocycles. The van der Waals surface area contributed by atoms with Crippen LogP contribution in [0.2, 0.25) is 0 Å². The molecule has 0 spiro atoms. The molecule has 2 amide bonds. The van der Waals surface area contributed by atoms with Crippen molar-refractivity contribution in [3.63, 3.8) is 0 Å². The Balaban J connectivity index is 1.75. The summed E-state index contributed by atoms with van der Waals surface area (Å²) in [6.07, 6.45) is 5.73. The summed E-state index contributed by atoms with van der Waals surface area (Å²) in [5.74, 6) is 0.752. The Morgan fingerprint density at radius 1 is 1.16 bits per heavy atom. The van der Waals surface area contributed by atoms with Gasteiger partial charge in [-0.1, -0.05) is 37.0 Å². The van der Waals surface area contributed by atoms with Crippen molar-refractivity contribution < 1.29 is 9.59 Å². The number of nitrogens with one attached hydrogen (secondary N) is 2. The molecule has 1 aliphatic carbocycles. The zero-order valence-corrected chi connectivity index (χ0v) is 19.3. The number of carbonyl (C=O) groups is 2. The number of aryl methyl sites for hydroxylation is 2. The molecule has 1 aromatic heterocycles. The van der Waals surface area contributed by atoms with Crippen molar-refractivity contribution in [1.82, 2.24) is 15.1 Å². The predicted octanol–water partition coefficient (Wildman–Crippen LogP) is 4.67. The number of aromatic nitrogens is 2. The highest BCUT2D eigenvalue weighted by Crippen LogP contribution is 2.45. The third-order valence-electron chi connectivity index (χ3n) is 6.68. The molecular formula is C25H34N4O2. The summed E-state index contributed by atoms with van der Waals surface area (Å²) in [4.78, 5) is 26.5. The minimum Gasteiger partial charge on any atom is -0.340 e. The van der Waals surface area contributed by atoms with E-state index in [9.17, 15) is 9.59 Å². The van der Waals surface area contributed by atoms with Crippen LogP contribution in [-0.4, -0.2) is 27.6 Å². The van der Waals surface area contributed by atoms with Gasteiger partial charge < -0.3 is 10.6 Å². The van der Waals surface area contributed by atoms with E-state index in [-0.39, 0.29) is 23.3 Å². The first kappa shape index (κ1) is 21.6. The fraction of sp³-hybridized carbons (Fsp3) is 0.560. The fourth-order valence-electron chi connectivity index (χ4n) is 5.24. The van der Waals surface area contributed by atoms with Crippen LogP contribution in [0.4, 0.5) is 5.82 Å². The van der Waals surface area contributed by atoms with Crippen molar-refractivity contribution in [2.24, 2.45) is 5.92 Å². The number of anilines is 1. The van der Waals surface area contributed by atoms with Crippen molar-refractivity contribution >= 4 is 17.6 Å². The second-order valence-corrected chi connectivity index (χ2v) is 10.2. The smallest absolute Gasteiger partial charge is 0.251 e. The first-order valence-corrected chi connectivity index (χ1v) is 11.4. The molecule has 6 heteroatoms. The zero-order valence-electron chi connectivity index (χ0n) is 19.3. The van der Waals surface area contributed by atoms with Gasteiger partial charge in [-0.25, -0.2) is 4.68 Å². The Morgan fingerprint density at radius 3 is 2.52 bits per heavy atom. The lowest BCUT2D eigenvalue weighted by Crippen LogP contribution is -2.52. The first-order chi connectivity index (χ1) is 14.7. The van der Waals surface area contributed by atoms with Gasteiger partial charge in [0.05, 0.1) is 11.2 Å². The summed E-state index contributed by atoms with van der Waals surface area (Å²) < 4.78 is 1.93. The van der Waals surface area contributed by atoms with Crippen LogP contribution in [0.15, 0.2) is 24.3 Å². The Hall–Kier alpha value is -2.63. The molecule has 6 nitrogen and oxygen atoms in total. The van der Waals surface area contributed by atoms with E-state index >= 15 is 0 Å². The van der Waals surface area contributed by atoms with Crippen molar-refractivity contribution in [1.29, 1.82) is 0 Å². The molecule has 1 fully saturated rings. The van der Waals surface area contributed by atoms with Crippen molar-refractivity contribution in [3.05, 3.63) is 46.6 Å². The number of fused-ring (bicyclic) bond motifs is 1. The van der Waals surface area contributed by atoms with Gasteiger partial charge in [0.25, 0.3) is 5.91 Å². The molecule has 2 atom stereocenters. The fourth-order valence-corrected chi connectivity index (χ4v) is 5.24. The van der Waals surface area contributed by atoms with Crippen LogP contribution in [0, 0.1) is 19.8 Å². The summed E-state index contributed by atoms with van der Waals surface area (Å²) in [6.45, 7) is 10.3. The monoisotopic (exact) mass is 422 g/mol. The molecule has 2 N–H and O–H groups in total. The summed E-state index contributed by atoms with van der Waals surface area (Å²) in [5.41, 5.74) is 3.39. The number of amides is 2. The number of hydrogen-bond donors (Lipinski definition) is 2. The van der Waals surface area contributed by atoms with Crippen LogP contribution in [0.3, 0.4) is 0 Å². The van der Waals surface area contributed by atoms with Crippen LogP contribution in [-0.2, 0) is 10.3 Å². The van der Waals surface area contributed by atoms with Crippen molar-refractivity contribution in [2.75, 3.05) is 5.32 Å². The molecule has 166 valence electrons. The highest BCUT2D eigenvalue weighted by molar-refractivity contribution is 6.03. The highest BCUT2D eigenvalue weighted by atomic mass is 16.2. The molecule has 2 heterocycles. The molecule has 0 unspecified atom stereocenters. The molecule has 0 saturated heterocycles. The molecule has 0 radical (unpaired) electrons. The molecule has 1 saturated carbocycles. The van der Waals surface area contributed by atoms with Crippen LogP contribution < -0.4 is 10.6 Å². The van der Waals surface area contributed by atoms with Gasteiger partial charge in [-0.05, 0) is 65.5 Å². The first-order valence-electron chi connectivity index (χ1n) is 11.4. The van der Waals surface area contributed by atoms with Gasteiger partial charge in [0.15, 0.2) is 0 Å². The Bertz CT molecular complexity index is 995. The van der Waals surface area contributed by atoms with Gasteiger partial charge in [-0.15, -0.1) is 0 Å². The zero-order chi connectivity index (χ0) is 22.3. The summed E-state index contributed by atoms with van der Waals surface area (Å²) in [5, 5.41) is 11.0. The van der Waals surface area contributed by atoms with Gasteiger partial charge in [-0.2, -0.15) is 5.10 Å². The number of carbonyl (C=O) groups excluding carboxylic acids is 2. The van der Waals surface area contributed by atoms with E-state index in [2.05, 4.69) is 31.4 Å². The van der Waals surface area contributed by atoms with Crippen LogP contribution in [0.25, 0.3) is 0 Å². The van der Waals surface area contributed by atoms with Gasteiger partial charge in [-0.3, -0.25) is 9.59 Å². The van der Waals surface area contributed by atoms with Crippen molar-refractivity contribution in [2.45, 2.75) is 84.2 Å². The molecule has 2 aromatic rings. The predicted molar refractivity (Wildman–Crippen MR) is 122 cm³/mol. The quantitative estimate of drug-likeness (QED) is 0.755. The number of benzene rings is 1. The molecule has 0 bridgehead atoms. The van der Waals surface area contributed by atoms with Crippen molar-refractivity contribution in [3.8, 4) is 0 Å². The summed E-state index contributed by atoms with van der Waals surface area (Å²) >= 11 is 0. The number of hydrogen-bond acceptors (Lipinski definition) is 3. The lowest BCUT2D eigenvalue weighted by Gasteiger charge is -2.39. The van der Waals surface area contributed by atoms with Gasteiger partial charge in [0.2, 0.25) is 5.91 Å². The largest absolute Gasteiger partial charge is 0.340 e. The van der Waals surface area contributed by atoms with Crippen LogP contribution >= 0.6 is 0 Å². The normalized spacial score (nSPS) is 22.0. The number of nitrogens with zero attached hydrogens (tertiary/aromatic N) is 2. The van der Waals surface area contributed by atoms with E-state index in [1.807, 2.05) is 36.7 Å². The second kappa shape index (κ2) is 8.13. The molecule has 31 heavy (non-hydrogen) atoms. The molecule has 4 rings (SSSR count). The van der Waals surface area contributed by atoms with Gasteiger partial charge >= 0.3 is 0 Å². The number of rotatable bonds is 3. The average molecular weight is 423 g/mol. The SMILES string of the molecule is Cc1cccc(C(=O)N[C@@H]2C(=O)Nc3c(c(C)nn3C(C)(C)C)[C@@H]2C2CCCCC2)c1. The maximum atomic E-state index is 13.4. The molecular weight excluding hydrogens is 388 g/mol. The molecule has 2 aliphatic rings. The van der Waals surface area contributed by atoms with Crippen LogP contribution in [0.1, 0.15) is 86.0 Å². The maximum Gasteiger partial charge on any atom is 0.251 e. The van der Waals surface area contributed by atoms with E-state index < -0.39 is 6.04 Å². The van der Waals surface area contributed by atoms with Gasteiger partial charge in [0, 0.05) is 17.0 Å². The van der Waals surface area contributed by atoms with E-state index in [1.54, 1.807) is 6.07 Å². The molecule has 1 aromatic carbocycles. The third kappa shape index (κ3) is 4.12. The lowest BCUT2D eigenvalue weighted by atomic mass is 9.71. The standard InChI is InChI=1S/C25H34N4O2/c1-15-10-9-13-18(14-15)23(30)26-21-20(17-11-7-6-8-12-17)19-16(2)28-29(25(3,4)5)22(19)27-24(21)31/h9-10,13-14,17,20-21H,6-8,11-12H2,1-5H3,(H,26,30)(H,27,31)/t20-,21-/m0/s1. The maximum absolute atomic E-state index is 13.4. The Morgan fingerprint density at radius 2 is 1.87 bits per heavy atom. The van der Waals surface area contributed by atoms with Gasteiger partial charge in [0.1, 0.15) is 11.9 Å². The average Bonchev–Trinajstić information content (AvgIpc) is 3.05. The Kier molecular flexibility index (Phi) is 5.67. The van der Waals surface area contributed by atoms with E-state index in [0.717, 1.165) is 35.5 Å². The minimum atomic E-state index is -0.597. The minimum absolute atomic E-state index is 0.0612. The van der Waals surface area contributed by atoms with E-state index in [1.165, 1.54) is 19.3 Å². The van der Waals surface area contributed by atoms with E-state index in [0.29, 0.717) is 11.5 Å². The van der Waals surface area contributed by atoms with E-state index in [4.69, 9.17) is 5.10 Å². The van der Waals surface area contributed by atoms with Crippen LogP contribution in [0.5, 0.6) is 0 Å². The summed E-state index contributed by atoms with van der Waals surface area (Å²) in [7, 11) is 0. The third-order valence-corrected chi connectivity index (χ3v) is 6.68. The summed E-state index contributed by atoms with van der Waals surface area (Å²) in [6, 6.07) is 6.90. The second-order valence-electron chi connectivity index (χ2n) is 10.2. The highest BCUT2D eigenvalue weighted by Gasteiger charge is 2.45. The lowest BCUT2D eigenvalue weighted by molar-refractivity contribution is -0.119. The topological polar surface area (TPSA) is 76.0 Å².